The van der Waals surface area contributed by atoms with E-state index in [2.05, 4.69) is 4.98 Å². The Morgan fingerprint density at radius 3 is 2.45 bits per heavy atom. The lowest BCUT2D eigenvalue weighted by Crippen LogP contribution is -2.42. The fourth-order valence-electron chi connectivity index (χ4n) is 3.53. The molecule has 1 aromatic carbocycles. The number of aromatic nitrogens is 3. The number of benzene rings is 1. The molecule has 0 fully saturated rings. The summed E-state index contributed by atoms with van der Waals surface area (Å²) in [4.78, 5) is 29.3. The van der Waals surface area contributed by atoms with Crippen LogP contribution in [0, 0.1) is 6.92 Å². The third-order valence-corrected chi connectivity index (χ3v) is 4.82. The number of rotatable bonds is 5. The van der Waals surface area contributed by atoms with E-state index in [0.717, 1.165) is 4.57 Å². The summed E-state index contributed by atoms with van der Waals surface area (Å²) >= 11 is 0. The van der Waals surface area contributed by atoms with E-state index in [1.807, 2.05) is 0 Å². The van der Waals surface area contributed by atoms with Gasteiger partial charge in [0.25, 0.3) is 5.56 Å². The molecular formula is C23H27F3N4O3. The van der Waals surface area contributed by atoms with E-state index in [-0.39, 0.29) is 22.7 Å². The summed E-state index contributed by atoms with van der Waals surface area (Å²) < 4.78 is 50.3. The normalized spacial score (nSPS) is 12.2. The van der Waals surface area contributed by atoms with Gasteiger partial charge in [0.05, 0.1) is 12.1 Å². The molecule has 3 rings (SSSR count). The minimum Gasteiger partial charge on any atom is -0.443 e. The second-order valence-corrected chi connectivity index (χ2v) is 8.76. The number of ether oxygens (including phenoxy) is 1. The average Bonchev–Trinajstić information content (AvgIpc) is 3.05. The molecule has 33 heavy (non-hydrogen) atoms. The molecule has 0 aliphatic carbocycles. The van der Waals surface area contributed by atoms with E-state index in [1.54, 1.807) is 52.0 Å². The molecule has 0 atom stereocenters. The summed E-state index contributed by atoms with van der Waals surface area (Å²) in [6.07, 6.45) is -3.71. The molecule has 0 N–H and O–H groups in total. The quantitative estimate of drug-likeness (QED) is 0.484. The number of hydrogen-bond donors (Lipinski definition) is 0. The van der Waals surface area contributed by atoms with Crippen LogP contribution in [-0.4, -0.2) is 32.1 Å². The van der Waals surface area contributed by atoms with Crippen LogP contribution in [0.3, 0.4) is 0 Å². The van der Waals surface area contributed by atoms with E-state index in [1.165, 1.54) is 23.8 Å². The van der Waals surface area contributed by atoms with E-state index in [4.69, 9.17) is 4.74 Å². The summed E-state index contributed by atoms with van der Waals surface area (Å²) in [5.41, 5.74) is -0.473. The fourth-order valence-corrected chi connectivity index (χ4v) is 3.53. The third kappa shape index (κ3) is 5.37. The van der Waals surface area contributed by atoms with Gasteiger partial charge in [0.15, 0.2) is 0 Å². The molecule has 0 radical (unpaired) electrons. The third-order valence-electron chi connectivity index (χ3n) is 4.82. The van der Waals surface area contributed by atoms with Crippen molar-refractivity contribution in [1.82, 2.24) is 14.1 Å². The number of carbonyl (C=O) groups is 1. The predicted octanol–water partition coefficient (Wildman–Crippen LogP) is 5.23. The van der Waals surface area contributed by atoms with Gasteiger partial charge < -0.3 is 4.74 Å². The topological polar surface area (TPSA) is 69.4 Å². The first kappa shape index (κ1) is 24.3. The van der Waals surface area contributed by atoms with Gasteiger partial charge in [-0.25, -0.2) is 14.7 Å². The van der Waals surface area contributed by atoms with Gasteiger partial charge in [-0.3, -0.25) is 13.9 Å². The minimum atomic E-state index is -4.82. The Labute approximate surface area is 189 Å². The van der Waals surface area contributed by atoms with Gasteiger partial charge in [0.2, 0.25) is 5.95 Å². The Hall–Kier alpha value is -3.30. The predicted molar refractivity (Wildman–Crippen MR) is 119 cm³/mol. The number of fused-ring (bicyclic) bond motifs is 1. The van der Waals surface area contributed by atoms with Gasteiger partial charge in [-0.2, -0.15) is 0 Å². The van der Waals surface area contributed by atoms with Crippen molar-refractivity contribution in [2.24, 2.45) is 0 Å². The molecule has 0 saturated carbocycles. The lowest BCUT2D eigenvalue weighted by molar-refractivity contribution is -0.132. The SMILES string of the molecule is CCCn1c(N(Cc2cn(C(=O)OC(C)(C)C)c3ccccc23)C(F)(F)F)nc(C)cc1=O. The van der Waals surface area contributed by atoms with E-state index >= 15 is 0 Å². The zero-order valence-corrected chi connectivity index (χ0v) is 19.2. The lowest BCUT2D eigenvalue weighted by Gasteiger charge is -2.28. The van der Waals surface area contributed by atoms with Crippen LogP contribution < -0.4 is 10.5 Å². The van der Waals surface area contributed by atoms with Gasteiger partial charge in [-0.1, -0.05) is 25.1 Å². The largest absolute Gasteiger partial charge is 0.487 e. The van der Waals surface area contributed by atoms with E-state index in [0.29, 0.717) is 17.3 Å². The number of para-hydroxylation sites is 1. The van der Waals surface area contributed by atoms with Crippen LogP contribution in [0.25, 0.3) is 10.9 Å². The highest BCUT2D eigenvalue weighted by Crippen LogP contribution is 2.32. The average molecular weight is 464 g/mol. The number of alkyl halides is 3. The number of nitrogens with zero attached hydrogens (tertiary/aromatic N) is 4. The Kier molecular flexibility index (Phi) is 6.58. The second kappa shape index (κ2) is 8.92. The van der Waals surface area contributed by atoms with Crippen LogP contribution in [0.2, 0.25) is 0 Å². The van der Waals surface area contributed by atoms with Crippen LogP contribution in [0.1, 0.15) is 45.4 Å². The molecule has 0 unspecified atom stereocenters. The first-order chi connectivity index (χ1) is 15.3. The molecule has 2 heterocycles. The maximum Gasteiger partial charge on any atom is 0.487 e. The molecule has 3 aromatic rings. The molecule has 7 nitrogen and oxygen atoms in total. The summed E-state index contributed by atoms with van der Waals surface area (Å²) in [6.45, 7) is 7.82. The number of aryl methyl sites for hydroxylation is 1. The maximum absolute atomic E-state index is 14.2. The number of carbonyl (C=O) groups excluding carboxylic acids is 1. The van der Waals surface area contributed by atoms with Crippen LogP contribution in [0.4, 0.5) is 23.9 Å². The first-order valence-corrected chi connectivity index (χ1v) is 10.6. The highest BCUT2D eigenvalue weighted by Gasteiger charge is 2.41. The Balaban J connectivity index is 2.15. The van der Waals surface area contributed by atoms with Gasteiger partial charge in [-0.05, 0) is 45.7 Å². The summed E-state index contributed by atoms with van der Waals surface area (Å²) in [5.74, 6) is -0.483. The van der Waals surface area contributed by atoms with Crippen LogP contribution >= 0.6 is 0 Å². The zero-order chi connectivity index (χ0) is 24.6. The van der Waals surface area contributed by atoms with Crippen molar-refractivity contribution in [3.8, 4) is 0 Å². The first-order valence-electron chi connectivity index (χ1n) is 10.6. The molecule has 178 valence electrons. The highest BCUT2D eigenvalue weighted by molar-refractivity contribution is 5.92. The summed E-state index contributed by atoms with van der Waals surface area (Å²) in [6, 6.07) is 7.86. The smallest absolute Gasteiger partial charge is 0.443 e. The van der Waals surface area contributed by atoms with Gasteiger partial charge >= 0.3 is 12.4 Å². The Morgan fingerprint density at radius 2 is 1.85 bits per heavy atom. The van der Waals surface area contributed by atoms with Crippen molar-refractivity contribution in [3.63, 3.8) is 0 Å². The van der Waals surface area contributed by atoms with Gasteiger partial charge in [-0.15, -0.1) is 13.2 Å². The Morgan fingerprint density at radius 1 is 1.18 bits per heavy atom. The second-order valence-electron chi connectivity index (χ2n) is 8.76. The molecule has 0 aliphatic heterocycles. The van der Waals surface area contributed by atoms with Crippen molar-refractivity contribution in [2.75, 3.05) is 4.90 Å². The van der Waals surface area contributed by atoms with Crippen molar-refractivity contribution < 1.29 is 22.7 Å². The maximum atomic E-state index is 14.2. The van der Waals surface area contributed by atoms with Crippen LogP contribution in [0.15, 0.2) is 41.3 Å². The van der Waals surface area contributed by atoms with Crippen LogP contribution in [-0.2, 0) is 17.8 Å². The highest BCUT2D eigenvalue weighted by atomic mass is 19.4. The standard InChI is InChI=1S/C23H27F3N4O3/c1-6-11-28-19(31)12-15(2)27-20(28)30(23(24,25)26)14-16-13-29(21(32)33-22(3,4)5)18-10-8-7-9-17(16)18/h7-10,12-13H,6,11,14H2,1-5H3. The monoisotopic (exact) mass is 464 g/mol. The minimum absolute atomic E-state index is 0.0910. The lowest BCUT2D eigenvalue weighted by atomic mass is 10.1. The van der Waals surface area contributed by atoms with Crippen molar-refractivity contribution in [3.05, 3.63) is 58.1 Å². The Bertz CT molecular complexity index is 1220. The van der Waals surface area contributed by atoms with Crippen molar-refractivity contribution in [1.29, 1.82) is 0 Å². The van der Waals surface area contributed by atoms with Crippen molar-refractivity contribution >= 4 is 22.9 Å². The number of hydrogen-bond acceptors (Lipinski definition) is 5. The van der Waals surface area contributed by atoms with Crippen LogP contribution in [0.5, 0.6) is 0 Å². The van der Waals surface area contributed by atoms with Gasteiger partial charge in [0.1, 0.15) is 5.60 Å². The molecule has 0 spiro atoms. The zero-order valence-electron chi connectivity index (χ0n) is 19.2. The molecule has 0 bridgehead atoms. The van der Waals surface area contributed by atoms with E-state index < -0.39 is 36.0 Å². The molecule has 10 heteroatoms. The van der Waals surface area contributed by atoms with E-state index in [9.17, 15) is 22.8 Å². The number of anilines is 1. The molecule has 0 amide bonds. The molecule has 0 aliphatic rings. The van der Waals surface area contributed by atoms with Gasteiger partial charge in [0, 0.05) is 29.9 Å². The molecule has 0 saturated heterocycles. The molecule has 2 aromatic heterocycles. The summed E-state index contributed by atoms with van der Waals surface area (Å²) in [7, 11) is 0. The van der Waals surface area contributed by atoms with Crippen molar-refractivity contribution in [2.45, 2.75) is 66.0 Å². The number of halogens is 3. The summed E-state index contributed by atoms with van der Waals surface area (Å²) in [5, 5.41) is 0.467. The fraction of sp³-hybridized carbons (Fsp3) is 0.435. The molecular weight excluding hydrogens is 437 g/mol.